The summed E-state index contributed by atoms with van der Waals surface area (Å²) in [4.78, 5) is 18.1. The summed E-state index contributed by atoms with van der Waals surface area (Å²) in [6, 6.07) is 0. The van der Waals surface area contributed by atoms with Crippen LogP contribution < -0.4 is 5.73 Å². The molecule has 2 rings (SSSR count). The summed E-state index contributed by atoms with van der Waals surface area (Å²) >= 11 is 0. The van der Waals surface area contributed by atoms with Gasteiger partial charge in [0.15, 0.2) is 5.89 Å². The highest BCUT2D eigenvalue weighted by Gasteiger charge is 2.26. The molecule has 1 aromatic rings. The molecule has 2 heterocycles. The molecule has 0 spiro atoms. The molecule has 5 heteroatoms. The van der Waals surface area contributed by atoms with Gasteiger partial charge in [0.1, 0.15) is 0 Å². The van der Waals surface area contributed by atoms with Crippen LogP contribution in [0.3, 0.4) is 0 Å². The van der Waals surface area contributed by atoms with Gasteiger partial charge in [-0.1, -0.05) is 0 Å². The molecule has 1 amide bonds. The Bertz CT molecular complexity index is 406. The normalized spacial score (nSPS) is 17.5. The first-order chi connectivity index (χ1) is 8.11. The van der Waals surface area contributed by atoms with Gasteiger partial charge in [0.05, 0.1) is 5.69 Å². The number of hydrogen-bond donors (Lipinski definition) is 1. The van der Waals surface area contributed by atoms with Crippen LogP contribution in [0.1, 0.15) is 35.0 Å². The lowest BCUT2D eigenvalue weighted by Gasteiger charge is -2.30. The number of aryl methyl sites for hydroxylation is 2. The van der Waals surface area contributed by atoms with Gasteiger partial charge in [0.25, 0.3) is 5.91 Å². The molecule has 0 radical (unpaired) electrons. The second kappa shape index (κ2) is 4.87. The minimum absolute atomic E-state index is 0.0430. The van der Waals surface area contributed by atoms with E-state index in [1.807, 2.05) is 4.90 Å². The van der Waals surface area contributed by atoms with Gasteiger partial charge in [0.2, 0.25) is 5.76 Å². The van der Waals surface area contributed by atoms with Crippen LogP contribution in [0.5, 0.6) is 0 Å². The molecule has 0 aliphatic carbocycles. The number of carbonyl (C=O) groups is 1. The number of carbonyl (C=O) groups excluding carboxylic acids is 1. The molecule has 0 atom stereocenters. The van der Waals surface area contributed by atoms with E-state index in [9.17, 15) is 4.79 Å². The van der Waals surface area contributed by atoms with E-state index in [1.165, 1.54) is 0 Å². The summed E-state index contributed by atoms with van der Waals surface area (Å²) in [7, 11) is 0. The Labute approximate surface area is 101 Å². The SMILES string of the molecule is Cc1nc(C)c(C(=O)N2CCC(CN)CC2)o1. The third-order valence-corrected chi connectivity index (χ3v) is 3.33. The number of rotatable bonds is 2. The third kappa shape index (κ3) is 2.49. The number of likely N-dealkylation sites (tertiary alicyclic amines) is 1. The van der Waals surface area contributed by atoms with Gasteiger partial charge in [-0.25, -0.2) is 4.98 Å². The van der Waals surface area contributed by atoms with Crippen LogP contribution in [0.15, 0.2) is 4.42 Å². The van der Waals surface area contributed by atoms with E-state index in [2.05, 4.69) is 4.98 Å². The van der Waals surface area contributed by atoms with Crippen molar-refractivity contribution in [2.75, 3.05) is 19.6 Å². The maximum Gasteiger partial charge on any atom is 0.291 e. The second-order valence-corrected chi connectivity index (χ2v) is 4.62. The van der Waals surface area contributed by atoms with Crippen LogP contribution in [-0.2, 0) is 0 Å². The van der Waals surface area contributed by atoms with Crippen molar-refractivity contribution >= 4 is 5.91 Å². The van der Waals surface area contributed by atoms with E-state index in [4.69, 9.17) is 10.2 Å². The average molecular weight is 237 g/mol. The van der Waals surface area contributed by atoms with Crippen molar-refractivity contribution in [2.45, 2.75) is 26.7 Å². The van der Waals surface area contributed by atoms with Crippen LogP contribution in [0.25, 0.3) is 0 Å². The number of amides is 1. The Hall–Kier alpha value is -1.36. The Morgan fingerprint density at radius 3 is 2.59 bits per heavy atom. The summed E-state index contributed by atoms with van der Waals surface area (Å²) < 4.78 is 5.36. The zero-order valence-corrected chi connectivity index (χ0v) is 10.4. The van der Waals surface area contributed by atoms with Gasteiger partial charge < -0.3 is 15.1 Å². The molecule has 0 aromatic carbocycles. The van der Waals surface area contributed by atoms with Gasteiger partial charge in [-0.15, -0.1) is 0 Å². The molecule has 2 N–H and O–H groups in total. The molecule has 0 unspecified atom stereocenters. The lowest BCUT2D eigenvalue weighted by atomic mass is 9.97. The number of hydrogen-bond acceptors (Lipinski definition) is 4. The molecular weight excluding hydrogens is 218 g/mol. The monoisotopic (exact) mass is 237 g/mol. The summed E-state index contributed by atoms with van der Waals surface area (Å²) in [6.45, 7) is 5.79. The lowest BCUT2D eigenvalue weighted by Crippen LogP contribution is -2.40. The first-order valence-corrected chi connectivity index (χ1v) is 6.05. The third-order valence-electron chi connectivity index (χ3n) is 3.33. The summed E-state index contributed by atoms with van der Waals surface area (Å²) in [5, 5.41) is 0. The average Bonchev–Trinajstić information content (AvgIpc) is 2.68. The maximum atomic E-state index is 12.2. The Kier molecular flexibility index (Phi) is 3.47. The smallest absolute Gasteiger partial charge is 0.291 e. The Morgan fingerprint density at radius 1 is 1.47 bits per heavy atom. The molecule has 1 saturated heterocycles. The maximum absolute atomic E-state index is 12.2. The topological polar surface area (TPSA) is 72.4 Å². The minimum Gasteiger partial charge on any atom is -0.436 e. The second-order valence-electron chi connectivity index (χ2n) is 4.62. The lowest BCUT2D eigenvalue weighted by molar-refractivity contribution is 0.0659. The van der Waals surface area contributed by atoms with E-state index in [0.29, 0.717) is 29.8 Å². The van der Waals surface area contributed by atoms with Gasteiger partial charge >= 0.3 is 0 Å². The number of oxazole rings is 1. The fraction of sp³-hybridized carbons (Fsp3) is 0.667. The van der Waals surface area contributed by atoms with E-state index in [1.54, 1.807) is 13.8 Å². The molecule has 1 aliphatic heterocycles. The van der Waals surface area contributed by atoms with Crippen molar-refractivity contribution in [3.05, 3.63) is 17.3 Å². The molecular formula is C12H19N3O2. The van der Waals surface area contributed by atoms with E-state index in [-0.39, 0.29) is 5.91 Å². The molecule has 5 nitrogen and oxygen atoms in total. The van der Waals surface area contributed by atoms with Crippen molar-refractivity contribution in [1.82, 2.24) is 9.88 Å². The summed E-state index contributed by atoms with van der Waals surface area (Å²) in [5.74, 6) is 1.44. The van der Waals surface area contributed by atoms with Gasteiger partial charge in [-0.05, 0) is 32.2 Å². The molecule has 1 aromatic heterocycles. The number of nitrogens with two attached hydrogens (primary N) is 1. The fourth-order valence-electron chi connectivity index (χ4n) is 2.25. The number of piperidine rings is 1. The molecule has 1 fully saturated rings. The predicted octanol–water partition coefficient (Wildman–Crippen LogP) is 1.10. The first-order valence-electron chi connectivity index (χ1n) is 6.05. The standard InChI is InChI=1S/C12H19N3O2/c1-8-11(17-9(2)14-8)12(16)15-5-3-10(7-13)4-6-15/h10H,3-7,13H2,1-2H3. The summed E-state index contributed by atoms with van der Waals surface area (Å²) in [6.07, 6.45) is 1.96. The van der Waals surface area contributed by atoms with Gasteiger partial charge in [0, 0.05) is 20.0 Å². The molecule has 0 saturated carbocycles. The highest BCUT2D eigenvalue weighted by molar-refractivity contribution is 5.92. The highest BCUT2D eigenvalue weighted by atomic mass is 16.4. The zero-order chi connectivity index (χ0) is 12.4. The minimum atomic E-state index is -0.0430. The van der Waals surface area contributed by atoms with Crippen molar-refractivity contribution in [3.63, 3.8) is 0 Å². The zero-order valence-electron chi connectivity index (χ0n) is 10.4. The highest BCUT2D eigenvalue weighted by Crippen LogP contribution is 2.19. The molecule has 1 aliphatic rings. The molecule has 0 bridgehead atoms. The van der Waals surface area contributed by atoms with Crippen LogP contribution in [0, 0.1) is 19.8 Å². The Morgan fingerprint density at radius 2 is 2.12 bits per heavy atom. The van der Waals surface area contributed by atoms with E-state index < -0.39 is 0 Å². The van der Waals surface area contributed by atoms with Crippen molar-refractivity contribution in [1.29, 1.82) is 0 Å². The van der Waals surface area contributed by atoms with E-state index >= 15 is 0 Å². The first kappa shape index (κ1) is 12.1. The fourth-order valence-corrected chi connectivity index (χ4v) is 2.25. The van der Waals surface area contributed by atoms with Gasteiger partial charge in [-0.3, -0.25) is 4.79 Å². The van der Waals surface area contributed by atoms with Crippen molar-refractivity contribution in [3.8, 4) is 0 Å². The van der Waals surface area contributed by atoms with Crippen LogP contribution in [-0.4, -0.2) is 35.4 Å². The van der Waals surface area contributed by atoms with Gasteiger partial charge in [-0.2, -0.15) is 0 Å². The summed E-state index contributed by atoms with van der Waals surface area (Å²) in [5.41, 5.74) is 6.31. The van der Waals surface area contributed by atoms with Crippen molar-refractivity contribution < 1.29 is 9.21 Å². The number of aromatic nitrogens is 1. The van der Waals surface area contributed by atoms with Crippen molar-refractivity contribution in [2.24, 2.45) is 11.7 Å². The van der Waals surface area contributed by atoms with E-state index in [0.717, 1.165) is 25.9 Å². The largest absolute Gasteiger partial charge is 0.436 e. The predicted molar refractivity (Wildman–Crippen MR) is 63.7 cm³/mol. The van der Waals surface area contributed by atoms with Crippen LogP contribution in [0.2, 0.25) is 0 Å². The Balaban J connectivity index is 2.04. The van der Waals surface area contributed by atoms with Crippen LogP contribution in [0.4, 0.5) is 0 Å². The number of nitrogens with zero attached hydrogens (tertiary/aromatic N) is 2. The molecule has 17 heavy (non-hydrogen) atoms. The quantitative estimate of drug-likeness (QED) is 0.836. The molecule has 94 valence electrons. The van der Waals surface area contributed by atoms with Crippen LogP contribution >= 0.6 is 0 Å².